The van der Waals surface area contributed by atoms with Gasteiger partial charge < -0.3 is 9.84 Å². The van der Waals surface area contributed by atoms with Crippen LogP contribution in [0.5, 0.6) is 5.75 Å². The van der Waals surface area contributed by atoms with E-state index in [2.05, 4.69) is 6.58 Å². The van der Waals surface area contributed by atoms with Crippen LogP contribution in [0.2, 0.25) is 0 Å². The Balaban J connectivity index is 2.90. The Kier molecular flexibility index (Phi) is 3.50. The van der Waals surface area contributed by atoms with Gasteiger partial charge in [-0.3, -0.25) is 4.79 Å². The molecule has 0 unspecified atom stereocenters. The molecule has 0 saturated carbocycles. The van der Waals surface area contributed by atoms with Crippen molar-refractivity contribution in [3.05, 3.63) is 35.9 Å². The number of carbonyl (C=O) groups excluding carboxylic acids is 1. The van der Waals surface area contributed by atoms with Crippen molar-refractivity contribution in [1.82, 2.24) is 0 Å². The van der Waals surface area contributed by atoms with E-state index in [1.54, 1.807) is 12.1 Å². The zero-order valence-corrected chi connectivity index (χ0v) is 8.91. The van der Waals surface area contributed by atoms with Gasteiger partial charge in [0, 0.05) is 5.56 Å². The summed E-state index contributed by atoms with van der Waals surface area (Å²) in [5, 5.41) is 9.20. The van der Waals surface area contributed by atoms with Crippen LogP contribution >= 0.6 is 0 Å². The molecule has 0 amide bonds. The van der Waals surface area contributed by atoms with Crippen LogP contribution in [0.15, 0.2) is 24.8 Å². The first-order valence-corrected chi connectivity index (χ1v) is 4.62. The molecule has 0 aliphatic heterocycles. The maximum atomic E-state index is 10.8. The molecule has 3 heteroatoms. The second-order valence-electron chi connectivity index (χ2n) is 3.42. The van der Waals surface area contributed by atoms with E-state index in [-0.39, 0.29) is 18.1 Å². The normalized spacial score (nSPS) is 9.73. The Bertz CT molecular complexity index is 394. The van der Waals surface area contributed by atoms with Gasteiger partial charge in [0.2, 0.25) is 0 Å². The first-order chi connectivity index (χ1) is 7.00. The summed E-state index contributed by atoms with van der Waals surface area (Å²) in [5.74, 6) is 0.545. The number of ketones is 1. The van der Waals surface area contributed by atoms with Crippen molar-refractivity contribution in [3.63, 3.8) is 0 Å². The molecule has 0 aliphatic carbocycles. The third kappa shape index (κ3) is 3.13. The van der Waals surface area contributed by atoms with Crippen LogP contribution in [0, 0.1) is 6.92 Å². The summed E-state index contributed by atoms with van der Waals surface area (Å²) in [6.45, 7) is 6.81. The average Bonchev–Trinajstić information content (AvgIpc) is 2.16. The Hall–Kier alpha value is -1.77. The monoisotopic (exact) mass is 206 g/mol. The molecule has 0 spiro atoms. The van der Waals surface area contributed by atoms with Gasteiger partial charge in [0.05, 0.1) is 0 Å². The Morgan fingerprint density at radius 2 is 2.20 bits per heavy atom. The summed E-state index contributed by atoms with van der Waals surface area (Å²) in [5.41, 5.74) is 1.51. The predicted molar refractivity (Wildman–Crippen MR) is 59.0 cm³/mol. The second kappa shape index (κ2) is 4.64. The molecule has 3 nitrogen and oxygen atoms in total. The van der Waals surface area contributed by atoms with Crippen molar-refractivity contribution in [3.8, 4) is 5.75 Å². The fourth-order valence-corrected chi connectivity index (χ4v) is 1.11. The zero-order chi connectivity index (χ0) is 11.4. The highest BCUT2D eigenvalue weighted by atomic mass is 16.5. The minimum atomic E-state index is -0.0392. The molecule has 0 fully saturated rings. The minimum absolute atomic E-state index is 0.0114. The predicted octanol–water partition coefficient (Wildman–Crippen LogP) is 2.49. The molecular weight excluding hydrogens is 192 g/mol. The Labute approximate surface area is 89.0 Å². The van der Waals surface area contributed by atoms with Crippen LogP contribution in [0.1, 0.15) is 18.1 Å². The van der Waals surface area contributed by atoms with Gasteiger partial charge in [-0.15, -0.1) is 0 Å². The first kappa shape index (κ1) is 11.3. The Morgan fingerprint density at radius 3 is 2.73 bits per heavy atom. The van der Waals surface area contributed by atoms with Gasteiger partial charge in [0.1, 0.15) is 18.1 Å². The van der Waals surface area contributed by atoms with Gasteiger partial charge in [-0.05, 0) is 25.5 Å². The highest BCUT2D eigenvalue weighted by Gasteiger charge is 2.04. The molecule has 0 aromatic heterocycles. The topological polar surface area (TPSA) is 46.5 Å². The van der Waals surface area contributed by atoms with E-state index in [0.29, 0.717) is 11.3 Å². The van der Waals surface area contributed by atoms with Crippen LogP contribution in [-0.2, 0) is 4.79 Å². The summed E-state index contributed by atoms with van der Waals surface area (Å²) in [7, 11) is 0. The van der Waals surface area contributed by atoms with Crippen molar-refractivity contribution >= 4 is 11.5 Å². The fourth-order valence-electron chi connectivity index (χ4n) is 1.11. The second-order valence-corrected chi connectivity index (χ2v) is 3.42. The van der Waals surface area contributed by atoms with Crippen LogP contribution < -0.4 is 4.74 Å². The lowest BCUT2D eigenvalue weighted by molar-refractivity contribution is -0.118. The number of aryl methyl sites for hydroxylation is 1. The molecule has 15 heavy (non-hydrogen) atoms. The average molecular weight is 206 g/mol. The summed E-state index contributed by atoms with van der Waals surface area (Å²) in [4.78, 5) is 10.8. The number of aliphatic hydroxyl groups excluding tert-OH is 1. The van der Waals surface area contributed by atoms with Gasteiger partial charge in [0.25, 0.3) is 0 Å². The van der Waals surface area contributed by atoms with Gasteiger partial charge >= 0.3 is 0 Å². The fraction of sp³-hybridized carbons (Fsp3) is 0.250. The number of benzene rings is 1. The molecule has 1 aromatic rings. The SMILES string of the molecule is C=C(O)c1ccc(C)c(OCC(C)=O)c1. The highest BCUT2D eigenvalue weighted by molar-refractivity contribution is 5.77. The molecule has 0 bridgehead atoms. The molecule has 80 valence electrons. The number of Topliss-reactive ketones (excluding diaryl/α,β-unsaturated/α-hetero) is 1. The van der Waals surface area contributed by atoms with Crippen molar-refractivity contribution in [2.45, 2.75) is 13.8 Å². The van der Waals surface area contributed by atoms with E-state index in [0.717, 1.165) is 5.56 Å². The smallest absolute Gasteiger partial charge is 0.167 e. The number of carbonyl (C=O) groups is 1. The lowest BCUT2D eigenvalue weighted by atomic mass is 10.1. The molecule has 1 N–H and O–H groups in total. The van der Waals surface area contributed by atoms with Crippen molar-refractivity contribution in [1.29, 1.82) is 0 Å². The summed E-state index contributed by atoms with van der Waals surface area (Å²) >= 11 is 0. The third-order valence-corrected chi connectivity index (χ3v) is 1.95. The molecule has 0 atom stereocenters. The zero-order valence-electron chi connectivity index (χ0n) is 8.91. The van der Waals surface area contributed by atoms with Crippen LogP contribution in [0.3, 0.4) is 0 Å². The third-order valence-electron chi connectivity index (χ3n) is 1.95. The van der Waals surface area contributed by atoms with E-state index in [1.165, 1.54) is 6.92 Å². The number of rotatable bonds is 4. The lowest BCUT2D eigenvalue weighted by Crippen LogP contribution is -2.07. The molecule has 0 saturated heterocycles. The largest absolute Gasteiger partial charge is 0.508 e. The highest BCUT2D eigenvalue weighted by Crippen LogP contribution is 2.22. The van der Waals surface area contributed by atoms with Crippen LogP contribution in [0.4, 0.5) is 0 Å². The number of hydrogen-bond donors (Lipinski definition) is 1. The van der Waals surface area contributed by atoms with Gasteiger partial charge in [-0.1, -0.05) is 18.7 Å². The number of aliphatic hydroxyl groups is 1. The first-order valence-electron chi connectivity index (χ1n) is 4.62. The summed E-state index contributed by atoms with van der Waals surface area (Å²) in [6.07, 6.45) is 0. The molecule has 0 heterocycles. The molecule has 1 rings (SSSR count). The standard InChI is InChI=1S/C12H14O3/c1-8-4-5-11(10(3)14)6-12(8)15-7-9(2)13/h4-6,14H,3,7H2,1-2H3. The maximum Gasteiger partial charge on any atom is 0.167 e. The lowest BCUT2D eigenvalue weighted by Gasteiger charge is -2.09. The number of ether oxygens (including phenoxy) is 1. The Morgan fingerprint density at radius 1 is 1.53 bits per heavy atom. The van der Waals surface area contributed by atoms with Gasteiger partial charge in [0.15, 0.2) is 5.78 Å². The quantitative estimate of drug-likeness (QED) is 0.770. The summed E-state index contributed by atoms with van der Waals surface area (Å²) < 4.78 is 5.29. The van der Waals surface area contributed by atoms with Crippen molar-refractivity contribution in [2.24, 2.45) is 0 Å². The van der Waals surface area contributed by atoms with Crippen molar-refractivity contribution in [2.75, 3.05) is 6.61 Å². The van der Waals surface area contributed by atoms with E-state index < -0.39 is 0 Å². The number of hydrogen-bond acceptors (Lipinski definition) is 3. The molecule has 0 aliphatic rings. The molecule has 1 aromatic carbocycles. The van der Waals surface area contributed by atoms with Gasteiger partial charge in [-0.25, -0.2) is 0 Å². The van der Waals surface area contributed by atoms with Gasteiger partial charge in [-0.2, -0.15) is 0 Å². The minimum Gasteiger partial charge on any atom is -0.508 e. The van der Waals surface area contributed by atoms with Crippen LogP contribution in [0.25, 0.3) is 5.76 Å². The maximum absolute atomic E-state index is 10.8. The van der Waals surface area contributed by atoms with E-state index >= 15 is 0 Å². The van der Waals surface area contributed by atoms with E-state index in [9.17, 15) is 9.90 Å². The molecular formula is C12H14O3. The molecule has 0 radical (unpaired) electrons. The summed E-state index contributed by atoms with van der Waals surface area (Å²) in [6, 6.07) is 5.23. The van der Waals surface area contributed by atoms with E-state index in [4.69, 9.17) is 4.74 Å². The van der Waals surface area contributed by atoms with Crippen LogP contribution in [-0.4, -0.2) is 17.5 Å². The van der Waals surface area contributed by atoms with E-state index in [1.807, 2.05) is 13.0 Å². The van der Waals surface area contributed by atoms with Crippen molar-refractivity contribution < 1.29 is 14.6 Å².